The second-order valence-corrected chi connectivity index (χ2v) is 10.4. The summed E-state index contributed by atoms with van der Waals surface area (Å²) in [6, 6.07) is 29.5. The summed E-state index contributed by atoms with van der Waals surface area (Å²) in [7, 11) is -4.29. The predicted molar refractivity (Wildman–Crippen MR) is 140 cm³/mol. The maximum atomic E-state index is 13.5. The van der Waals surface area contributed by atoms with Crippen molar-refractivity contribution in [3.63, 3.8) is 0 Å². The summed E-state index contributed by atoms with van der Waals surface area (Å²) in [5.74, 6) is -1.00. The quantitative estimate of drug-likeness (QED) is 0.245. The van der Waals surface area contributed by atoms with Gasteiger partial charge in [0, 0.05) is 0 Å². The van der Waals surface area contributed by atoms with Crippen molar-refractivity contribution in [3.05, 3.63) is 130 Å². The number of ether oxygens (including phenoxy) is 2. The lowest BCUT2D eigenvalue weighted by Crippen LogP contribution is -2.31. The van der Waals surface area contributed by atoms with Crippen molar-refractivity contribution in [1.29, 1.82) is 0 Å². The van der Waals surface area contributed by atoms with Gasteiger partial charge in [0.05, 0.1) is 17.1 Å². The smallest absolute Gasteiger partial charge is 0.340 e. The monoisotopic (exact) mass is 510 g/mol. The average molecular weight is 511 g/mol. The van der Waals surface area contributed by atoms with E-state index in [-0.39, 0.29) is 34.4 Å². The standard InChI is InChI=1S/C30H22O6S/c1-19-26(30(31)34-18-20-9-3-2-4-10-20)27(23-16-15-21-11-5-6-12-22(21)17-23)29-28(35-19)24-13-7-8-14-25(24)36-37(29,32)33/h2-17,27H,18H2,1H3. The van der Waals surface area contributed by atoms with Crippen LogP contribution in [0.2, 0.25) is 0 Å². The van der Waals surface area contributed by atoms with Gasteiger partial charge in [-0.25, -0.2) is 4.79 Å². The van der Waals surface area contributed by atoms with Crippen molar-refractivity contribution in [2.75, 3.05) is 0 Å². The van der Waals surface area contributed by atoms with Crippen LogP contribution in [0.3, 0.4) is 0 Å². The molecule has 1 atom stereocenters. The molecule has 0 radical (unpaired) electrons. The highest BCUT2D eigenvalue weighted by Gasteiger charge is 2.47. The number of allylic oxidation sites excluding steroid dienone is 2. The second-order valence-electron chi connectivity index (χ2n) is 8.90. The number of carbonyl (C=O) groups excluding carboxylic acids is 1. The number of benzene rings is 4. The van der Waals surface area contributed by atoms with E-state index in [0.29, 0.717) is 11.1 Å². The van der Waals surface area contributed by atoms with E-state index in [2.05, 4.69) is 0 Å². The number of carbonyl (C=O) groups is 1. The third kappa shape index (κ3) is 4.07. The van der Waals surface area contributed by atoms with Crippen LogP contribution in [0.1, 0.15) is 29.5 Å². The molecule has 0 fully saturated rings. The molecule has 0 aromatic heterocycles. The second kappa shape index (κ2) is 8.94. The lowest BCUT2D eigenvalue weighted by atomic mass is 9.86. The van der Waals surface area contributed by atoms with E-state index in [4.69, 9.17) is 13.7 Å². The predicted octanol–water partition coefficient (Wildman–Crippen LogP) is 6.06. The number of esters is 1. The maximum absolute atomic E-state index is 13.5. The molecule has 184 valence electrons. The number of fused-ring (bicyclic) bond motifs is 3. The van der Waals surface area contributed by atoms with Crippen molar-refractivity contribution in [1.82, 2.24) is 0 Å². The van der Waals surface area contributed by atoms with E-state index >= 15 is 0 Å². The van der Waals surface area contributed by atoms with Crippen molar-refractivity contribution >= 4 is 32.6 Å². The molecule has 0 N–H and O–H groups in total. The van der Waals surface area contributed by atoms with Gasteiger partial charge in [0.2, 0.25) is 0 Å². The zero-order valence-corrected chi connectivity index (χ0v) is 20.7. The molecule has 0 saturated heterocycles. The Morgan fingerprint density at radius 3 is 2.38 bits per heavy atom. The van der Waals surface area contributed by atoms with Gasteiger partial charge in [0.1, 0.15) is 17.3 Å². The average Bonchev–Trinajstić information content (AvgIpc) is 2.91. The van der Waals surface area contributed by atoms with Gasteiger partial charge in [-0.2, -0.15) is 8.42 Å². The molecule has 4 aromatic carbocycles. The van der Waals surface area contributed by atoms with Crippen LogP contribution in [0.5, 0.6) is 5.75 Å². The van der Waals surface area contributed by atoms with E-state index in [1.165, 1.54) is 0 Å². The Morgan fingerprint density at radius 1 is 0.865 bits per heavy atom. The molecule has 0 amide bonds. The zero-order chi connectivity index (χ0) is 25.6. The molecule has 37 heavy (non-hydrogen) atoms. The first-order valence-electron chi connectivity index (χ1n) is 11.8. The van der Waals surface area contributed by atoms with Crippen molar-refractivity contribution < 1.29 is 26.9 Å². The molecule has 2 heterocycles. The van der Waals surface area contributed by atoms with E-state index in [1.54, 1.807) is 31.2 Å². The van der Waals surface area contributed by atoms with Gasteiger partial charge in [-0.1, -0.05) is 84.9 Å². The summed E-state index contributed by atoms with van der Waals surface area (Å²) in [5, 5.41) is 1.91. The first-order valence-corrected chi connectivity index (χ1v) is 13.2. The van der Waals surface area contributed by atoms with Crippen LogP contribution in [0.4, 0.5) is 0 Å². The first kappa shape index (κ1) is 23.1. The minimum atomic E-state index is -4.29. The van der Waals surface area contributed by atoms with Gasteiger partial charge in [-0.3, -0.25) is 0 Å². The fourth-order valence-corrected chi connectivity index (χ4v) is 6.22. The minimum absolute atomic E-state index is 0.0406. The highest BCUT2D eigenvalue weighted by atomic mass is 32.2. The van der Waals surface area contributed by atoms with Crippen molar-refractivity contribution in [2.45, 2.75) is 19.4 Å². The summed E-state index contributed by atoms with van der Waals surface area (Å²) in [6.45, 7) is 1.69. The Labute approximate surface area is 214 Å². The summed E-state index contributed by atoms with van der Waals surface area (Å²) in [5.41, 5.74) is 2.06. The van der Waals surface area contributed by atoms with E-state index in [0.717, 1.165) is 16.3 Å². The molecule has 4 aromatic rings. The fraction of sp³-hybridized carbons (Fsp3) is 0.100. The number of hydrogen-bond donors (Lipinski definition) is 0. The van der Waals surface area contributed by atoms with E-state index in [1.807, 2.05) is 72.8 Å². The fourth-order valence-electron chi connectivity index (χ4n) is 4.83. The number of rotatable bonds is 4. The normalized spacial score (nSPS) is 17.9. The van der Waals surface area contributed by atoms with Crippen LogP contribution >= 0.6 is 0 Å². The van der Waals surface area contributed by atoms with Gasteiger partial charge in [-0.15, -0.1) is 0 Å². The molecule has 2 aliphatic heterocycles. The molecule has 0 bridgehead atoms. The molecule has 6 rings (SSSR count). The van der Waals surface area contributed by atoms with Crippen LogP contribution in [0, 0.1) is 0 Å². The lowest BCUT2D eigenvalue weighted by molar-refractivity contribution is -0.140. The third-order valence-corrected chi connectivity index (χ3v) is 7.91. The molecule has 0 aliphatic carbocycles. The Bertz CT molecular complexity index is 1720. The Balaban J connectivity index is 1.52. The van der Waals surface area contributed by atoms with Gasteiger partial charge in [0.15, 0.2) is 11.5 Å². The highest BCUT2D eigenvalue weighted by Crippen LogP contribution is 2.51. The van der Waals surface area contributed by atoms with Gasteiger partial charge >= 0.3 is 16.1 Å². The van der Waals surface area contributed by atoms with Gasteiger partial charge in [-0.05, 0) is 41.0 Å². The van der Waals surface area contributed by atoms with Crippen LogP contribution in [0.25, 0.3) is 16.5 Å². The Morgan fingerprint density at radius 2 is 1.57 bits per heavy atom. The van der Waals surface area contributed by atoms with E-state index < -0.39 is 22.0 Å². The summed E-state index contributed by atoms with van der Waals surface area (Å²) < 4.78 is 44.3. The molecular formula is C30H22O6S. The topological polar surface area (TPSA) is 78.9 Å². The molecule has 2 aliphatic rings. The van der Waals surface area contributed by atoms with Crippen LogP contribution in [-0.4, -0.2) is 14.4 Å². The molecule has 1 unspecified atom stereocenters. The highest BCUT2D eigenvalue weighted by molar-refractivity contribution is 7.91. The lowest BCUT2D eigenvalue weighted by Gasteiger charge is -2.33. The summed E-state index contributed by atoms with van der Waals surface area (Å²) in [4.78, 5) is 13.4. The van der Waals surface area contributed by atoms with Gasteiger partial charge < -0.3 is 13.7 Å². The minimum Gasteiger partial charge on any atom is -0.459 e. The molecule has 6 nitrogen and oxygen atoms in total. The van der Waals surface area contributed by atoms with Crippen molar-refractivity contribution in [2.24, 2.45) is 0 Å². The largest absolute Gasteiger partial charge is 0.459 e. The van der Waals surface area contributed by atoms with Crippen LogP contribution < -0.4 is 4.18 Å². The molecular weight excluding hydrogens is 488 g/mol. The number of hydrogen-bond acceptors (Lipinski definition) is 6. The third-order valence-electron chi connectivity index (χ3n) is 6.55. The SMILES string of the molecule is CC1=C(C(=O)OCc2ccccc2)C(c2ccc3ccccc3c2)C2=C(O1)c1ccccc1OS2(=O)=O. The maximum Gasteiger partial charge on any atom is 0.340 e. The summed E-state index contributed by atoms with van der Waals surface area (Å²) in [6.07, 6.45) is 0. The van der Waals surface area contributed by atoms with Crippen LogP contribution in [0.15, 0.2) is 113 Å². The Hall–Kier alpha value is -4.36. The molecule has 0 spiro atoms. The van der Waals surface area contributed by atoms with Crippen molar-refractivity contribution in [3.8, 4) is 5.75 Å². The zero-order valence-electron chi connectivity index (χ0n) is 19.9. The summed E-state index contributed by atoms with van der Waals surface area (Å²) >= 11 is 0. The molecule has 0 saturated carbocycles. The van der Waals surface area contributed by atoms with E-state index in [9.17, 15) is 13.2 Å². The number of para-hydroxylation sites is 1. The Kier molecular flexibility index (Phi) is 5.57. The first-order chi connectivity index (χ1) is 17.9. The van der Waals surface area contributed by atoms with Crippen LogP contribution in [-0.2, 0) is 31.0 Å². The van der Waals surface area contributed by atoms with Gasteiger partial charge in [0.25, 0.3) is 0 Å². The molecule has 7 heteroatoms.